The Labute approximate surface area is 249 Å². The Morgan fingerprint density at radius 1 is 0.864 bits per heavy atom. The van der Waals surface area contributed by atoms with Crippen LogP contribution in [0.4, 0.5) is 8.78 Å². The topological polar surface area (TPSA) is 220 Å². The van der Waals surface area contributed by atoms with E-state index in [1.54, 1.807) is 0 Å². The molecule has 3 aliphatic rings. The number of imidazole rings is 2. The zero-order valence-electron chi connectivity index (χ0n) is 21.8. The number of aromatic nitrogens is 8. The van der Waals surface area contributed by atoms with E-state index in [9.17, 15) is 19.0 Å². The summed E-state index contributed by atoms with van der Waals surface area (Å²) in [6.45, 7) is -5.73. The highest BCUT2D eigenvalue weighted by molar-refractivity contribution is 8.07. The smallest absolute Gasteiger partial charge is 0.325 e. The predicted molar refractivity (Wildman–Crippen MR) is 145 cm³/mol. The molecule has 4 aromatic rings. The SMILES string of the molecule is [B]P1(=O)OC[C@H]2O[C@@H](n3cnc4c(=O)[nH]cnc43)C(F)C2OP(O)(=S)OC[C@H]2O[C@@H](n3cnc4c(=O)[nH]cnc43)C(F)C2O1. The number of hydrogen-bond donors (Lipinski definition) is 3. The molecule has 18 nitrogen and oxygen atoms in total. The number of rotatable bonds is 2. The van der Waals surface area contributed by atoms with Crippen LogP contribution in [-0.4, -0.2) is 101 Å². The lowest BCUT2D eigenvalue weighted by Gasteiger charge is -2.29. The van der Waals surface area contributed by atoms with Crippen LogP contribution in [0.5, 0.6) is 0 Å². The normalized spacial score (nSPS) is 38.2. The third-order valence-corrected chi connectivity index (χ3v) is 9.76. The molecule has 24 heteroatoms. The number of aromatic amines is 2. The summed E-state index contributed by atoms with van der Waals surface area (Å²) >= 11 is 5.10. The molecule has 0 amide bonds. The number of ether oxygens (including phenoxy) is 2. The molecule has 3 N–H and O–H groups in total. The molecule has 7 heterocycles. The van der Waals surface area contributed by atoms with E-state index in [1.165, 1.54) is 0 Å². The fraction of sp³-hybridized carbons (Fsp3) is 0.500. The summed E-state index contributed by atoms with van der Waals surface area (Å²) < 4.78 is 80.3. The number of alkyl halides is 2. The van der Waals surface area contributed by atoms with Gasteiger partial charge in [-0.15, -0.1) is 0 Å². The second-order valence-corrected chi connectivity index (χ2v) is 14.2. The molecule has 3 aliphatic heterocycles. The van der Waals surface area contributed by atoms with E-state index in [-0.39, 0.29) is 22.3 Å². The first-order valence-electron chi connectivity index (χ1n) is 12.7. The van der Waals surface area contributed by atoms with Crippen LogP contribution in [0, 0.1) is 0 Å². The summed E-state index contributed by atoms with van der Waals surface area (Å²) in [4.78, 5) is 55.6. The molecule has 0 bridgehead atoms. The largest absolute Gasteiger partial charge is 0.346 e. The number of hydrogen-bond acceptors (Lipinski definition) is 14. The number of H-pyrrole nitrogens is 2. The molecule has 3 fully saturated rings. The number of nitrogens with zero attached hydrogens (tertiary/aromatic N) is 6. The van der Waals surface area contributed by atoms with E-state index in [0.29, 0.717) is 0 Å². The van der Waals surface area contributed by atoms with Crippen molar-refractivity contribution in [1.29, 1.82) is 0 Å². The van der Waals surface area contributed by atoms with Gasteiger partial charge in [0, 0.05) is 0 Å². The second-order valence-electron chi connectivity index (χ2n) is 9.87. The van der Waals surface area contributed by atoms with E-state index in [1.807, 2.05) is 0 Å². The maximum Gasteiger partial charge on any atom is 0.325 e. The third-order valence-electron chi connectivity index (χ3n) is 7.16. The van der Waals surface area contributed by atoms with Crippen LogP contribution >= 0.6 is 14.2 Å². The van der Waals surface area contributed by atoms with Crippen LogP contribution in [0.15, 0.2) is 34.9 Å². The Kier molecular flexibility index (Phi) is 7.43. The summed E-state index contributed by atoms with van der Waals surface area (Å²) in [6.07, 6.45) is -9.05. The molecule has 6 unspecified atom stereocenters. The lowest BCUT2D eigenvalue weighted by atomic mass is 10.1. The Balaban J connectivity index is 1.17. The van der Waals surface area contributed by atoms with Gasteiger partial charge in [-0.2, -0.15) is 0 Å². The quantitative estimate of drug-likeness (QED) is 0.189. The van der Waals surface area contributed by atoms with Crippen molar-refractivity contribution in [2.75, 3.05) is 13.2 Å². The van der Waals surface area contributed by atoms with E-state index in [4.69, 9.17) is 46.9 Å². The maximum absolute atomic E-state index is 15.9. The van der Waals surface area contributed by atoms with Gasteiger partial charge >= 0.3 is 6.72 Å². The summed E-state index contributed by atoms with van der Waals surface area (Å²) in [6, 6.07) is 0. The first-order chi connectivity index (χ1) is 20.9. The van der Waals surface area contributed by atoms with Gasteiger partial charge in [0.1, 0.15) is 24.4 Å². The minimum absolute atomic E-state index is 0.0221. The van der Waals surface area contributed by atoms with Gasteiger partial charge in [0.2, 0.25) is 7.57 Å². The van der Waals surface area contributed by atoms with Crippen LogP contribution in [0.3, 0.4) is 0 Å². The highest BCUT2D eigenvalue weighted by Crippen LogP contribution is 2.54. The highest BCUT2D eigenvalue weighted by atomic mass is 32.5. The summed E-state index contributed by atoms with van der Waals surface area (Å²) in [5.74, 6) is 0. The van der Waals surface area contributed by atoms with Gasteiger partial charge in [0.25, 0.3) is 18.6 Å². The average molecular weight is 674 g/mol. The lowest BCUT2D eigenvalue weighted by Crippen LogP contribution is -2.37. The lowest BCUT2D eigenvalue weighted by molar-refractivity contribution is -0.0566. The molecule has 2 radical (unpaired) electrons. The van der Waals surface area contributed by atoms with Crippen molar-refractivity contribution in [1.82, 2.24) is 39.0 Å². The Bertz CT molecular complexity index is 1820. The van der Waals surface area contributed by atoms with Gasteiger partial charge in [-0.1, -0.05) is 0 Å². The minimum atomic E-state index is -4.62. The maximum atomic E-state index is 15.9. The van der Waals surface area contributed by atoms with Crippen LogP contribution in [0.1, 0.15) is 12.5 Å². The van der Waals surface area contributed by atoms with Gasteiger partial charge in [-0.05, 0) is 11.8 Å². The molecule has 10 atom stereocenters. The van der Waals surface area contributed by atoms with Crippen LogP contribution < -0.4 is 11.1 Å². The Morgan fingerprint density at radius 3 is 1.86 bits per heavy atom. The summed E-state index contributed by atoms with van der Waals surface area (Å²) in [5, 5.41) is 0. The zero-order chi connectivity index (χ0) is 31.0. The first-order valence-corrected chi connectivity index (χ1v) is 16.9. The van der Waals surface area contributed by atoms with Crippen molar-refractivity contribution in [3.8, 4) is 0 Å². The minimum Gasteiger partial charge on any atom is -0.346 e. The molecular weight excluding hydrogens is 655 g/mol. The monoisotopic (exact) mass is 674 g/mol. The molecule has 0 spiro atoms. The molecule has 44 heavy (non-hydrogen) atoms. The average Bonchev–Trinajstić information content (AvgIpc) is 3.73. The fourth-order valence-corrected chi connectivity index (χ4v) is 7.63. The molecule has 232 valence electrons. The van der Waals surface area contributed by atoms with E-state index in [2.05, 4.69) is 29.9 Å². The van der Waals surface area contributed by atoms with Gasteiger partial charge in [-0.3, -0.25) is 27.8 Å². The van der Waals surface area contributed by atoms with Crippen LogP contribution in [-0.2, 0) is 43.9 Å². The van der Waals surface area contributed by atoms with E-state index < -0.39 is 87.7 Å². The molecule has 0 aliphatic carbocycles. The number of nitrogens with one attached hydrogen (secondary N) is 2. The van der Waals surface area contributed by atoms with Crippen LogP contribution in [0.25, 0.3) is 22.3 Å². The number of halogens is 2. The first kappa shape index (κ1) is 29.9. The van der Waals surface area contributed by atoms with Crippen molar-refractivity contribution in [3.63, 3.8) is 0 Å². The molecular formula is C20H19BF2N8O10P2S. The van der Waals surface area contributed by atoms with Crippen molar-refractivity contribution < 1.29 is 45.8 Å². The molecule has 4 aromatic heterocycles. The molecule has 0 saturated carbocycles. The van der Waals surface area contributed by atoms with Crippen molar-refractivity contribution in [2.24, 2.45) is 0 Å². The Morgan fingerprint density at radius 2 is 1.34 bits per heavy atom. The second kappa shape index (κ2) is 10.9. The highest BCUT2D eigenvalue weighted by Gasteiger charge is 2.53. The van der Waals surface area contributed by atoms with Crippen molar-refractivity contribution in [3.05, 3.63) is 46.0 Å². The van der Waals surface area contributed by atoms with Gasteiger partial charge in [0.05, 0.1) is 38.5 Å². The van der Waals surface area contributed by atoms with Gasteiger partial charge < -0.3 is 37.9 Å². The summed E-state index contributed by atoms with van der Waals surface area (Å²) in [7, 11) is 1.18. The standard InChI is InChI=1S/C20H19BF2N8O10P2S/c21-42(34)36-1-7-14(10(23)20(38-7)31-6-29-12-16(31)25-4-27-18(12)33)41-43(35,44)37-2-8-13(40-42)9(22)19(39-8)30-5-28-11-15(30)24-3-26-17(11)32/h3-10,13-14,19-20H,1-2H2,(H,35,44)(H,24,26,32)(H,25,27,33)/t7-,8-,9?,10?,13?,14?,19-,20-,42?,43?/m1/s1. The third kappa shape index (κ3) is 5.18. The molecule has 7 rings (SSSR count). The Hall–Kier alpha value is -2.78. The molecule has 3 saturated heterocycles. The van der Waals surface area contributed by atoms with Gasteiger partial charge in [0.15, 0.2) is 47.1 Å². The predicted octanol–water partition coefficient (Wildman–Crippen LogP) is 0.0344. The van der Waals surface area contributed by atoms with E-state index >= 15 is 8.78 Å². The van der Waals surface area contributed by atoms with Crippen molar-refractivity contribution in [2.45, 2.75) is 49.2 Å². The number of fused-ring (bicyclic) bond motifs is 4. The zero-order valence-corrected chi connectivity index (χ0v) is 24.4. The van der Waals surface area contributed by atoms with Crippen LogP contribution in [0.2, 0.25) is 0 Å². The van der Waals surface area contributed by atoms with Gasteiger partial charge in [-0.25, -0.2) is 28.7 Å². The molecule has 0 aromatic carbocycles. The van der Waals surface area contributed by atoms with E-state index in [0.717, 1.165) is 34.4 Å². The fourth-order valence-electron chi connectivity index (χ4n) is 5.18. The van der Waals surface area contributed by atoms with Crippen molar-refractivity contribution >= 4 is 55.9 Å². The summed E-state index contributed by atoms with van der Waals surface area (Å²) in [5.41, 5.74) is -1.42.